The van der Waals surface area contributed by atoms with Crippen LogP contribution in [0.4, 0.5) is 4.79 Å². The van der Waals surface area contributed by atoms with Gasteiger partial charge in [0.2, 0.25) is 0 Å². The molecule has 0 radical (unpaired) electrons. The quantitative estimate of drug-likeness (QED) is 0.698. The van der Waals surface area contributed by atoms with Crippen LogP contribution in [-0.4, -0.2) is 52.1 Å². The summed E-state index contributed by atoms with van der Waals surface area (Å²) in [6.45, 7) is 5.41. The van der Waals surface area contributed by atoms with Crippen molar-refractivity contribution in [3.8, 4) is 0 Å². The van der Waals surface area contributed by atoms with Gasteiger partial charge in [0, 0.05) is 13.1 Å². The highest BCUT2D eigenvalue weighted by Crippen LogP contribution is 2.25. The normalized spacial score (nSPS) is 30.2. The Morgan fingerprint density at radius 1 is 1.25 bits per heavy atom. The first kappa shape index (κ1) is 13.3. The van der Waals surface area contributed by atoms with E-state index in [1.165, 1.54) is 4.90 Å². The smallest absolute Gasteiger partial charge is 0.410 e. The van der Waals surface area contributed by atoms with Crippen molar-refractivity contribution in [1.29, 1.82) is 0 Å². The Kier molecular flexibility index (Phi) is 3.80. The first-order valence-electron chi connectivity index (χ1n) is 5.52. The molecule has 0 aromatic heterocycles. The minimum Gasteiger partial charge on any atom is -0.444 e. The first-order chi connectivity index (χ1) is 7.20. The van der Waals surface area contributed by atoms with E-state index >= 15 is 0 Å². The summed E-state index contributed by atoms with van der Waals surface area (Å²) in [6.07, 6.45) is -1.10. The van der Waals surface area contributed by atoms with Gasteiger partial charge in [-0.05, 0) is 33.6 Å². The second-order valence-corrected chi connectivity index (χ2v) is 5.35. The molecule has 0 aliphatic heterocycles. The molecule has 1 rings (SSSR count). The molecule has 1 aliphatic rings. The molecule has 0 bridgehead atoms. The minimum absolute atomic E-state index is 0.153. The van der Waals surface area contributed by atoms with Crippen molar-refractivity contribution < 1.29 is 19.7 Å². The van der Waals surface area contributed by atoms with Crippen LogP contribution in [0, 0.1) is 0 Å². The number of carbonyl (C=O) groups excluding carboxylic acids is 1. The Morgan fingerprint density at radius 2 is 1.69 bits per heavy atom. The number of ether oxygens (including phenoxy) is 1. The van der Waals surface area contributed by atoms with Crippen molar-refractivity contribution in [2.24, 2.45) is 0 Å². The molecule has 2 N–H and O–H groups in total. The predicted octanol–water partition coefficient (Wildman–Crippen LogP) is 0.737. The topological polar surface area (TPSA) is 70.0 Å². The third kappa shape index (κ3) is 3.35. The molecule has 94 valence electrons. The van der Waals surface area contributed by atoms with Crippen LogP contribution >= 0.6 is 0 Å². The number of aliphatic hydroxyl groups excluding tert-OH is 2. The zero-order valence-corrected chi connectivity index (χ0v) is 10.3. The lowest BCUT2D eigenvalue weighted by atomic mass is 10.2. The van der Waals surface area contributed by atoms with E-state index in [-0.39, 0.29) is 6.04 Å². The number of aliphatic hydroxyl groups is 2. The van der Waals surface area contributed by atoms with E-state index < -0.39 is 23.9 Å². The van der Waals surface area contributed by atoms with Gasteiger partial charge in [0.15, 0.2) is 0 Å². The average Bonchev–Trinajstić information content (AvgIpc) is 2.43. The maximum absolute atomic E-state index is 11.7. The molecular formula is C11H21NO4. The molecule has 1 unspecified atom stereocenters. The fraction of sp³-hybridized carbons (Fsp3) is 0.909. The third-order valence-corrected chi connectivity index (χ3v) is 2.70. The molecule has 1 saturated carbocycles. The lowest BCUT2D eigenvalue weighted by Gasteiger charge is -2.28. The van der Waals surface area contributed by atoms with E-state index in [9.17, 15) is 15.0 Å². The van der Waals surface area contributed by atoms with E-state index in [4.69, 9.17) is 4.74 Å². The van der Waals surface area contributed by atoms with Gasteiger partial charge in [-0.1, -0.05) is 0 Å². The Morgan fingerprint density at radius 3 is 2.06 bits per heavy atom. The second kappa shape index (κ2) is 4.59. The molecule has 1 aliphatic carbocycles. The van der Waals surface area contributed by atoms with Crippen LogP contribution in [0.25, 0.3) is 0 Å². The fourth-order valence-electron chi connectivity index (χ4n) is 1.77. The van der Waals surface area contributed by atoms with Gasteiger partial charge in [-0.15, -0.1) is 0 Å². The monoisotopic (exact) mass is 231 g/mol. The lowest BCUT2D eigenvalue weighted by molar-refractivity contribution is 0.0216. The summed E-state index contributed by atoms with van der Waals surface area (Å²) in [5, 5.41) is 18.8. The Hall–Kier alpha value is -0.810. The molecular weight excluding hydrogens is 210 g/mol. The third-order valence-electron chi connectivity index (χ3n) is 2.70. The summed E-state index contributed by atoms with van der Waals surface area (Å²) < 4.78 is 5.21. The molecule has 0 spiro atoms. The van der Waals surface area contributed by atoms with Gasteiger partial charge in [-0.2, -0.15) is 0 Å². The van der Waals surface area contributed by atoms with Gasteiger partial charge < -0.3 is 19.8 Å². The van der Waals surface area contributed by atoms with E-state index in [1.54, 1.807) is 27.8 Å². The summed E-state index contributed by atoms with van der Waals surface area (Å²) in [7, 11) is 1.63. The number of rotatable bonds is 1. The van der Waals surface area contributed by atoms with Crippen LogP contribution in [0.3, 0.4) is 0 Å². The van der Waals surface area contributed by atoms with Crippen molar-refractivity contribution in [1.82, 2.24) is 4.90 Å². The molecule has 3 atom stereocenters. The Labute approximate surface area is 96.0 Å². The van der Waals surface area contributed by atoms with Crippen LogP contribution in [-0.2, 0) is 4.74 Å². The molecule has 0 aromatic rings. The van der Waals surface area contributed by atoms with Gasteiger partial charge in [0.1, 0.15) is 5.60 Å². The summed E-state index contributed by atoms with van der Waals surface area (Å²) in [5.74, 6) is 0. The largest absolute Gasteiger partial charge is 0.444 e. The van der Waals surface area contributed by atoms with E-state index in [0.29, 0.717) is 12.8 Å². The maximum Gasteiger partial charge on any atom is 0.410 e. The lowest BCUT2D eigenvalue weighted by Crippen LogP contribution is -2.40. The second-order valence-electron chi connectivity index (χ2n) is 5.35. The summed E-state index contributed by atoms with van der Waals surface area (Å²) in [4.78, 5) is 13.1. The average molecular weight is 231 g/mol. The van der Waals surface area contributed by atoms with E-state index in [2.05, 4.69) is 0 Å². The molecule has 16 heavy (non-hydrogen) atoms. The van der Waals surface area contributed by atoms with Gasteiger partial charge in [-0.25, -0.2) is 4.79 Å². The van der Waals surface area contributed by atoms with Crippen LogP contribution < -0.4 is 0 Å². The van der Waals surface area contributed by atoms with Crippen molar-refractivity contribution in [3.63, 3.8) is 0 Å². The SMILES string of the molecule is CN(C(=O)OC(C)(C)C)C1C[C@@H](O)[C@@H](O)C1. The van der Waals surface area contributed by atoms with Crippen LogP contribution in [0.1, 0.15) is 33.6 Å². The van der Waals surface area contributed by atoms with Gasteiger partial charge in [0.05, 0.1) is 12.2 Å². The van der Waals surface area contributed by atoms with Gasteiger partial charge in [-0.3, -0.25) is 0 Å². The highest BCUT2D eigenvalue weighted by atomic mass is 16.6. The van der Waals surface area contributed by atoms with E-state index in [0.717, 1.165) is 0 Å². The van der Waals surface area contributed by atoms with Crippen molar-refractivity contribution in [2.45, 2.75) is 57.5 Å². The van der Waals surface area contributed by atoms with Crippen molar-refractivity contribution >= 4 is 6.09 Å². The predicted molar refractivity (Wildman–Crippen MR) is 59.0 cm³/mol. The molecule has 1 fully saturated rings. The standard InChI is InChI=1S/C11H21NO4/c1-11(2,3)16-10(15)12(4)7-5-8(13)9(14)6-7/h7-9,13-14H,5-6H2,1-4H3/t7?,8-,9+. The van der Waals surface area contributed by atoms with Crippen molar-refractivity contribution in [2.75, 3.05) is 7.05 Å². The number of hydrogen-bond donors (Lipinski definition) is 2. The highest BCUT2D eigenvalue weighted by Gasteiger charge is 2.36. The Bertz CT molecular complexity index is 251. The number of carbonyl (C=O) groups is 1. The van der Waals surface area contributed by atoms with Crippen LogP contribution in [0.2, 0.25) is 0 Å². The molecule has 0 heterocycles. The molecule has 5 heteroatoms. The summed E-state index contributed by atoms with van der Waals surface area (Å²) in [6, 6.07) is -0.153. The maximum atomic E-state index is 11.7. The molecule has 5 nitrogen and oxygen atoms in total. The van der Waals surface area contributed by atoms with Gasteiger partial charge in [0.25, 0.3) is 0 Å². The van der Waals surface area contributed by atoms with Crippen LogP contribution in [0.5, 0.6) is 0 Å². The number of hydrogen-bond acceptors (Lipinski definition) is 4. The Balaban J connectivity index is 2.52. The zero-order chi connectivity index (χ0) is 12.5. The highest BCUT2D eigenvalue weighted by molar-refractivity contribution is 5.68. The number of amides is 1. The summed E-state index contributed by atoms with van der Waals surface area (Å²) >= 11 is 0. The minimum atomic E-state index is -0.741. The molecule has 1 amide bonds. The number of nitrogens with zero attached hydrogens (tertiary/aromatic N) is 1. The first-order valence-corrected chi connectivity index (χ1v) is 5.52. The summed E-state index contributed by atoms with van der Waals surface area (Å²) in [5.41, 5.74) is -0.527. The van der Waals surface area contributed by atoms with Crippen molar-refractivity contribution in [3.05, 3.63) is 0 Å². The van der Waals surface area contributed by atoms with Gasteiger partial charge >= 0.3 is 6.09 Å². The van der Waals surface area contributed by atoms with Crippen LogP contribution in [0.15, 0.2) is 0 Å². The zero-order valence-electron chi connectivity index (χ0n) is 10.3. The van der Waals surface area contributed by atoms with E-state index in [1.807, 2.05) is 0 Å². The fourth-order valence-corrected chi connectivity index (χ4v) is 1.77. The molecule has 0 saturated heterocycles. The molecule has 0 aromatic carbocycles.